The fourth-order valence-corrected chi connectivity index (χ4v) is 2.26. The fourth-order valence-electron chi connectivity index (χ4n) is 1.13. The molecule has 17 heavy (non-hydrogen) atoms. The molecule has 2 heterocycles. The SMILES string of the molecule is O=C(NCc1ccc(Cl)s1)c1cnc(Cl)cn1. The molecule has 7 heteroatoms. The predicted octanol–water partition coefficient (Wildman–Crippen LogP) is 2.77. The summed E-state index contributed by atoms with van der Waals surface area (Å²) in [5.41, 5.74) is 0.233. The molecule has 0 saturated heterocycles. The number of thiophene rings is 1. The van der Waals surface area contributed by atoms with Gasteiger partial charge in [-0.15, -0.1) is 11.3 Å². The van der Waals surface area contributed by atoms with Gasteiger partial charge in [0.2, 0.25) is 0 Å². The fraction of sp³-hybridized carbons (Fsp3) is 0.100. The Morgan fingerprint density at radius 3 is 2.71 bits per heavy atom. The first-order chi connectivity index (χ1) is 8.15. The molecule has 1 amide bonds. The van der Waals surface area contributed by atoms with Crippen molar-refractivity contribution < 1.29 is 4.79 Å². The molecule has 0 aliphatic carbocycles. The molecule has 2 rings (SSSR count). The summed E-state index contributed by atoms with van der Waals surface area (Å²) >= 11 is 12.8. The smallest absolute Gasteiger partial charge is 0.271 e. The number of halogens is 2. The molecule has 2 aromatic heterocycles. The number of nitrogens with one attached hydrogen (secondary N) is 1. The molecule has 0 radical (unpaired) electrons. The summed E-state index contributed by atoms with van der Waals surface area (Å²) in [5.74, 6) is -0.293. The molecule has 0 unspecified atom stereocenters. The Balaban J connectivity index is 1.95. The summed E-state index contributed by atoms with van der Waals surface area (Å²) in [5, 5.41) is 2.97. The molecule has 0 aromatic carbocycles. The number of nitrogens with zero attached hydrogens (tertiary/aromatic N) is 2. The maximum Gasteiger partial charge on any atom is 0.271 e. The molecule has 2 aromatic rings. The van der Waals surface area contributed by atoms with Crippen LogP contribution in [0.15, 0.2) is 24.5 Å². The van der Waals surface area contributed by atoms with E-state index in [2.05, 4.69) is 15.3 Å². The van der Waals surface area contributed by atoms with Crippen LogP contribution in [0.1, 0.15) is 15.4 Å². The van der Waals surface area contributed by atoms with Gasteiger partial charge in [0, 0.05) is 4.88 Å². The molecule has 88 valence electrons. The van der Waals surface area contributed by atoms with Crippen molar-refractivity contribution in [2.45, 2.75) is 6.54 Å². The summed E-state index contributed by atoms with van der Waals surface area (Å²) in [6, 6.07) is 3.65. The Morgan fingerprint density at radius 1 is 1.29 bits per heavy atom. The maximum absolute atomic E-state index is 11.7. The zero-order valence-electron chi connectivity index (χ0n) is 8.48. The monoisotopic (exact) mass is 287 g/mol. The molecule has 4 nitrogen and oxygen atoms in total. The van der Waals surface area contributed by atoms with Crippen LogP contribution in [0.2, 0.25) is 9.49 Å². The topological polar surface area (TPSA) is 54.9 Å². The molecular formula is C10H7Cl2N3OS. The van der Waals surface area contributed by atoms with Gasteiger partial charge in [-0.2, -0.15) is 0 Å². The summed E-state index contributed by atoms with van der Waals surface area (Å²) < 4.78 is 0.695. The van der Waals surface area contributed by atoms with E-state index in [0.717, 1.165) is 4.88 Å². The quantitative estimate of drug-likeness (QED) is 0.944. The Bertz CT molecular complexity index is 527. The van der Waals surface area contributed by atoms with Crippen LogP contribution >= 0.6 is 34.5 Å². The second-order valence-corrected chi connectivity index (χ2v) is 5.30. The molecule has 0 spiro atoms. The van der Waals surface area contributed by atoms with Crippen molar-refractivity contribution in [2.24, 2.45) is 0 Å². The lowest BCUT2D eigenvalue weighted by molar-refractivity contribution is 0.0946. The van der Waals surface area contributed by atoms with Gasteiger partial charge >= 0.3 is 0 Å². The van der Waals surface area contributed by atoms with E-state index in [1.54, 1.807) is 6.07 Å². The molecular weight excluding hydrogens is 281 g/mol. The minimum atomic E-state index is -0.293. The van der Waals surface area contributed by atoms with Gasteiger partial charge < -0.3 is 5.32 Å². The van der Waals surface area contributed by atoms with E-state index in [-0.39, 0.29) is 16.8 Å². The van der Waals surface area contributed by atoms with Crippen LogP contribution in [0.3, 0.4) is 0 Å². The summed E-state index contributed by atoms with van der Waals surface area (Å²) in [4.78, 5) is 20.3. The van der Waals surface area contributed by atoms with E-state index in [4.69, 9.17) is 23.2 Å². The second kappa shape index (κ2) is 5.44. The lowest BCUT2D eigenvalue weighted by Crippen LogP contribution is -2.23. The van der Waals surface area contributed by atoms with Crippen molar-refractivity contribution in [2.75, 3.05) is 0 Å². The number of rotatable bonds is 3. The highest BCUT2D eigenvalue weighted by atomic mass is 35.5. The van der Waals surface area contributed by atoms with Crippen molar-refractivity contribution >= 4 is 40.4 Å². The van der Waals surface area contributed by atoms with E-state index < -0.39 is 0 Å². The minimum absolute atomic E-state index is 0.233. The van der Waals surface area contributed by atoms with Gasteiger partial charge in [0.1, 0.15) is 10.8 Å². The normalized spacial score (nSPS) is 10.2. The Kier molecular flexibility index (Phi) is 3.93. The molecule has 0 atom stereocenters. The third-order valence-electron chi connectivity index (χ3n) is 1.91. The predicted molar refractivity (Wildman–Crippen MR) is 67.5 cm³/mol. The molecule has 1 N–H and O–H groups in total. The summed E-state index contributed by atoms with van der Waals surface area (Å²) in [7, 11) is 0. The van der Waals surface area contributed by atoms with Crippen molar-refractivity contribution in [1.29, 1.82) is 0 Å². The maximum atomic E-state index is 11.7. The Morgan fingerprint density at radius 2 is 2.12 bits per heavy atom. The molecule has 0 fully saturated rings. The average Bonchev–Trinajstić information content (AvgIpc) is 2.73. The van der Waals surface area contributed by atoms with Gasteiger partial charge in [-0.3, -0.25) is 4.79 Å². The highest BCUT2D eigenvalue weighted by molar-refractivity contribution is 7.16. The largest absolute Gasteiger partial charge is 0.346 e. The van der Waals surface area contributed by atoms with Crippen LogP contribution < -0.4 is 5.32 Å². The van der Waals surface area contributed by atoms with E-state index in [1.165, 1.54) is 23.7 Å². The first-order valence-electron chi connectivity index (χ1n) is 4.65. The standard InChI is InChI=1S/C10H7Cl2N3OS/c11-8-5-13-7(4-14-8)10(16)15-3-6-1-2-9(12)17-6/h1-2,4-5H,3H2,(H,15,16). The van der Waals surface area contributed by atoms with E-state index in [0.29, 0.717) is 10.9 Å². The summed E-state index contributed by atoms with van der Waals surface area (Å²) in [6.45, 7) is 0.417. The number of carbonyl (C=O) groups is 1. The van der Waals surface area contributed by atoms with E-state index in [9.17, 15) is 4.79 Å². The van der Waals surface area contributed by atoms with Gasteiger partial charge in [0.05, 0.1) is 23.3 Å². The minimum Gasteiger partial charge on any atom is -0.346 e. The zero-order valence-corrected chi connectivity index (χ0v) is 10.8. The van der Waals surface area contributed by atoms with E-state index in [1.807, 2.05) is 6.07 Å². The first kappa shape index (κ1) is 12.3. The third kappa shape index (κ3) is 3.39. The van der Waals surface area contributed by atoms with Gasteiger partial charge in [-0.05, 0) is 12.1 Å². The number of amides is 1. The van der Waals surface area contributed by atoms with Crippen molar-refractivity contribution in [1.82, 2.24) is 15.3 Å². The second-order valence-electron chi connectivity index (χ2n) is 3.11. The lowest BCUT2D eigenvalue weighted by Gasteiger charge is -2.02. The highest BCUT2D eigenvalue weighted by Crippen LogP contribution is 2.21. The number of carbonyl (C=O) groups excluding carboxylic acids is 1. The third-order valence-corrected chi connectivity index (χ3v) is 3.33. The molecule has 0 saturated carbocycles. The summed E-state index contributed by atoms with van der Waals surface area (Å²) in [6.07, 6.45) is 2.66. The average molecular weight is 288 g/mol. The van der Waals surface area contributed by atoms with Crippen LogP contribution in [0.4, 0.5) is 0 Å². The number of hydrogen-bond acceptors (Lipinski definition) is 4. The van der Waals surface area contributed by atoms with Crippen LogP contribution in [0.5, 0.6) is 0 Å². The first-order valence-corrected chi connectivity index (χ1v) is 6.22. The van der Waals surface area contributed by atoms with Crippen molar-refractivity contribution in [3.05, 3.63) is 44.6 Å². The number of aromatic nitrogens is 2. The van der Waals surface area contributed by atoms with Crippen LogP contribution in [-0.2, 0) is 6.54 Å². The van der Waals surface area contributed by atoms with Gasteiger partial charge in [-0.1, -0.05) is 23.2 Å². The van der Waals surface area contributed by atoms with E-state index >= 15 is 0 Å². The Labute approximate surface area is 112 Å². The molecule has 0 aliphatic heterocycles. The van der Waals surface area contributed by atoms with Crippen LogP contribution in [0.25, 0.3) is 0 Å². The van der Waals surface area contributed by atoms with Gasteiger partial charge in [-0.25, -0.2) is 9.97 Å². The van der Waals surface area contributed by atoms with Gasteiger partial charge in [0.15, 0.2) is 0 Å². The van der Waals surface area contributed by atoms with Crippen LogP contribution in [0, 0.1) is 0 Å². The Hall–Kier alpha value is -1.17. The van der Waals surface area contributed by atoms with Crippen molar-refractivity contribution in [3.8, 4) is 0 Å². The van der Waals surface area contributed by atoms with Crippen molar-refractivity contribution in [3.63, 3.8) is 0 Å². The molecule has 0 aliphatic rings. The van der Waals surface area contributed by atoms with Gasteiger partial charge in [0.25, 0.3) is 5.91 Å². The van der Waals surface area contributed by atoms with Crippen LogP contribution in [-0.4, -0.2) is 15.9 Å². The highest BCUT2D eigenvalue weighted by Gasteiger charge is 2.07. The lowest BCUT2D eigenvalue weighted by atomic mass is 10.4. The zero-order chi connectivity index (χ0) is 12.3. The molecule has 0 bridgehead atoms. The number of hydrogen-bond donors (Lipinski definition) is 1.